The number of hydrogen-bond acceptors (Lipinski definition) is 3. The summed E-state index contributed by atoms with van der Waals surface area (Å²) < 4.78 is 7.52. The Bertz CT molecular complexity index is 681. The maximum atomic E-state index is 12.3. The van der Waals surface area contributed by atoms with Gasteiger partial charge in [-0.15, -0.1) is 0 Å². The highest BCUT2D eigenvalue weighted by molar-refractivity contribution is 5.94. The standard InChI is InChI=1S/C20H27N3O2/c1-16-4-5-17(2)23(16)19-8-6-18(7-9-19)20(24)21-10-3-11-22-12-14-25-15-13-22/h4-9H,3,10-15H2,1-2H3,(H,21,24). The number of ether oxygens (including phenoxy) is 1. The van der Waals surface area contributed by atoms with E-state index in [4.69, 9.17) is 4.74 Å². The number of aromatic nitrogens is 1. The summed E-state index contributed by atoms with van der Waals surface area (Å²) >= 11 is 0. The molecule has 1 amide bonds. The van der Waals surface area contributed by atoms with E-state index in [0.29, 0.717) is 12.1 Å². The molecule has 0 saturated carbocycles. The zero-order valence-corrected chi connectivity index (χ0v) is 15.1. The highest BCUT2D eigenvalue weighted by atomic mass is 16.5. The number of hydrogen-bond donors (Lipinski definition) is 1. The van der Waals surface area contributed by atoms with E-state index in [1.165, 1.54) is 11.4 Å². The van der Waals surface area contributed by atoms with E-state index in [9.17, 15) is 4.79 Å². The van der Waals surface area contributed by atoms with Crippen LogP contribution in [0.4, 0.5) is 0 Å². The van der Waals surface area contributed by atoms with Crippen LogP contribution in [0.1, 0.15) is 28.2 Å². The average molecular weight is 341 g/mol. The van der Waals surface area contributed by atoms with Crippen molar-refractivity contribution < 1.29 is 9.53 Å². The van der Waals surface area contributed by atoms with Crippen molar-refractivity contribution in [2.75, 3.05) is 39.4 Å². The third kappa shape index (κ3) is 4.50. The molecule has 25 heavy (non-hydrogen) atoms. The summed E-state index contributed by atoms with van der Waals surface area (Å²) in [4.78, 5) is 14.7. The van der Waals surface area contributed by atoms with Gasteiger partial charge in [-0.3, -0.25) is 9.69 Å². The van der Waals surface area contributed by atoms with Crippen molar-refractivity contribution in [2.24, 2.45) is 0 Å². The highest BCUT2D eigenvalue weighted by Crippen LogP contribution is 2.16. The van der Waals surface area contributed by atoms with Crippen molar-refractivity contribution in [2.45, 2.75) is 20.3 Å². The van der Waals surface area contributed by atoms with Crippen LogP contribution in [0.2, 0.25) is 0 Å². The highest BCUT2D eigenvalue weighted by Gasteiger charge is 2.10. The fourth-order valence-corrected chi connectivity index (χ4v) is 3.27. The summed E-state index contributed by atoms with van der Waals surface area (Å²) in [6, 6.07) is 12.0. The van der Waals surface area contributed by atoms with Crippen LogP contribution in [0.15, 0.2) is 36.4 Å². The molecule has 0 spiro atoms. The van der Waals surface area contributed by atoms with Crippen LogP contribution in [-0.2, 0) is 4.74 Å². The molecular weight excluding hydrogens is 314 g/mol. The minimum absolute atomic E-state index is 0.00511. The van der Waals surface area contributed by atoms with Crippen LogP contribution < -0.4 is 5.32 Å². The largest absolute Gasteiger partial charge is 0.379 e. The number of amides is 1. The van der Waals surface area contributed by atoms with Crippen LogP contribution in [0, 0.1) is 13.8 Å². The lowest BCUT2D eigenvalue weighted by molar-refractivity contribution is 0.0374. The van der Waals surface area contributed by atoms with Gasteiger partial charge in [0.05, 0.1) is 13.2 Å². The molecular formula is C20H27N3O2. The van der Waals surface area contributed by atoms with Gasteiger partial charge in [0, 0.05) is 42.3 Å². The van der Waals surface area contributed by atoms with Gasteiger partial charge < -0.3 is 14.6 Å². The predicted molar refractivity (Wildman–Crippen MR) is 99.5 cm³/mol. The van der Waals surface area contributed by atoms with Crippen LogP contribution in [0.3, 0.4) is 0 Å². The van der Waals surface area contributed by atoms with Crippen molar-refractivity contribution >= 4 is 5.91 Å². The Hall–Kier alpha value is -2.11. The molecule has 2 aromatic rings. The lowest BCUT2D eigenvalue weighted by atomic mass is 10.2. The first-order valence-electron chi connectivity index (χ1n) is 8.99. The number of carbonyl (C=O) groups excluding carboxylic acids is 1. The molecule has 3 rings (SSSR count). The Morgan fingerprint density at radius 1 is 1.04 bits per heavy atom. The SMILES string of the molecule is Cc1ccc(C)n1-c1ccc(C(=O)NCCCN2CCOCC2)cc1. The molecule has 5 nitrogen and oxygen atoms in total. The van der Waals surface area contributed by atoms with Gasteiger partial charge in [-0.1, -0.05) is 0 Å². The number of benzene rings is 1. The van der Waals surface area contributed by atoms with Crippen molar-refractivity contribution in [3.05, 3.63) is 53.3 Å². The minimum Gasteiger partial charge on any atom is -0.379 e. The zero-order valence-electron chi connectivity index (χ0n) is 15.1. The third-order valence-electron chi connectivity index (χ3n) is 4.70. The summed E-state index contributed by atoms with van der Waals surface area (Å²) in [6.45, 7) is 9.51. The second kappa shape index (κ2) is 8.32. The number of nitrogens with zero attached hydrogens (tertiary/aromatic N) is 2. The summed E-state index contributed by atoms with van der Waals surface area (Å²) in [5, 5.41) is 3.01. The van der Waals surface area contributed by atoms with Crippen LogP contribution in [-0.4, -0.2) is 54.8 Å². The van der Waals surface area contributed by atoms with E-state index in [2.05, 4.69) is 40.8 Å². The molecule has 5 heteroatoms. The predicted octanol–water partition coefficient (Wildman–Crippen LogP) is 2.55. The maximum absolute atomic E-state index is 12.3. The van der Waals surface area contributed by atoms with Gasteiger partial charge in [0.25, 0.3) is 5.91 Å². The number of morpholine rings is 1. The lowest BCUT2D eigenvalue weighted by Crippen LogP contribution is -2.38. The number of rotatable bonds is 6. The number of aryl methyl sites for hydroxylation is 2. The van der Waals surface area contributed by atoms with Gasteiger partial charge in [0.15, 0.2) is 0 Å². The van der Waals surface area contributed by atoms with Crippen molar-refractivity contribution in [3.8, 4) is 5.69 Å². The van der Waals surface area contributed by atoms with Gasteiger partial charge in [-0.2, -0.15) is 0 Å². The lowest BCUT2D eigenvalue weighted by Gasteiger charge is -2.26. The van der Waals surface area contributed by atoms with E-state index in [1.807, 2.05) is 24.3 Å². The van der Waals surface area contributed by atoms with Gasteiger partial charge in [0.1, 0.15) is 0 Å². The van der Waals surface area contributed by atoms with E-state index in [0.717, 1.165) is 45.0 Å². The molecule has 1 aliphatic rings. The molecule has 134 valence electrons. The molecule has 0 radical (unpaired) electrons. The summed E-state index contributed by atoms with van der Waals surface area (Å²) in [6.07, 6.45) is 0.964. The number of carbonyl (C=O) groups is 1. The first kappa shape index (κ1) is 17.7. The van der Waals surface area contributed by atoms with Gasteiger partial charge in [0.2, 0.25) is 0 Å². The van der Waals surface area contributed by atoms with Crippen LogP contribution in [0.25, 0.3) is 5.69 Å². The van der Waals surface area contributed by atoms with E-state index in [-0.39, 0.29) is 5.91 Å². The smallest absolute Gasteiger partial charge is 0.251 e. The normalized spacial score (nSPS) is 15.3. The van der Waals surface area contributed by atoms with Crippen LogP contribution in [0.5, 0.6) is 0 Å². The molecule has 0 atom stereocenters. The fraction of sp³-hybridized carbons (Fsp3) is 0.450. The molecule has 1 saturated heterocycles. The maximum Gasteiger partial charge on any atom is 0.251 e. The first-order chi connectivity index (χ1) is 12.1. The fourth-order valence-electron chi connectivity index (χ4n) is 3.27. The summed E-state index contributed by atoms with van der Waals surface area (Å²) in [7, 11) is 0. The second-order valence-corrected chi connectivity index (χ2v) is 6.56. The number of nitrogens with one attached hydrogen (secondary N) is 1. The molecule has 0 unspecified atom stereocenters. The quantitative estimate of drug-likeness (QED) is 0.822. The molecule has 1 aliphatic heterocycles. The Kier molecular flexibility index (Phi) is 5.89. The molecule has 0 aliphatic carbocycles. The Morgan fingerprint density at radius 2 is 1.68 bits per heavy atom. The van der Waals surface area contributed by atoms with Crippen LogP contribution >= 0.6 is 0 Å². The molecule has 1 aromatic carbocycles. The van der Waals surface area contributed by atoms with Gasteiger partial charge in [-0.25, -0.2) is 0 Å². The molecule has 1 fully saturated rings. The van der Waals surface area contributed by atoms with E-state index < -0.39 is 0 Å². The molecule has 1 aromatic heterocycles. The van der Waals surface area contributed by atoms with Crippen molar-refractivity contribution in [1.29, 1.82) is 0 Å². The minimum atomic E-state index is -0.00511. The topological polar surface area (TPSA) is 46.5 Å². The van der Waals surface area contributed by atoms with Crippen molar-refractivity contribution in [1.82, 2.24) is 14.8 Å². The van der Waals surface area contributed by atoms with Crippen molar-refractivity contribution in [3.63, 3.8) is 0 Å². The Labute approximate surface area is 149 Å². The second-order valence-electron chi connectivity index (χ2n) is 6.56. The molecule has 0 bridgehead atoms. The van der Waals surface area contributed by atoms with E-state index in [1.54, 1.807) is 0 Å². The third-order valence-corrected chi connectivity index (χ3v) is 4.70. The monoisotopic (exact) mass is 341 g/mol. The Balaban J connectivity index is 1.49. The average Bonchev–Trinajstić information content (AvgIpc) is 2.98. The van der Waals surface area contributed by atoms with Gasteiger partial charge in [-0.05, 0) is 63.2 Å². The van der Waals surface area contributed by atoms with E-state index >= 15 is 0 Å². The molecule has 1 N–H and O–H groups in total. The zero-order chi connectivity index (χ0) is 17.6. The Morgan fingerprint density at radius 3 is 2.32 bits per heavy atom. The summed E-state index contributed by atoms with van der Waals surface area (Å²) in [5.41, 5.74) is 4.18. The summed E-state index contributed by atoms with van der Waals surface area (Å²) in [5.74, 6) is -0.00511. The van der Waals surface area contributed by atoms with Gasteiger partial charge >= 0.3 is 0 Å². The molecule has 2 heterocycles. The first-order valence-corrected chi connectivity index (χ1v) is 8.99.